The van der Waals surface area contributed by atoms with Crippen LogP contribution in [-0.2, 0) is 26.2 Å². The van der Waals surface area contributed by atoms with Gasteiger partial charge in [-0.2, -0.15) is 0 Å². The van der Waals surface area contributed by atoms with E-state index in [1.807, 2.05) is 50.2 Å². The van der Waals surface area contributed by atoms with E-state index >= 15 is 0 Å². The number of rotatable bonds is 10. The molecule has 2 amide bonds. The third-order valence-electron chi connectivity index (χ3n) is 7.52. The van der Waals surface area contributed by atoms with Crippen molar-refractivity contribution >= 4 is 39.1 Å². The summed E-state index contributed by atoms with van der Waals surface area (Å²) < 4.78 is 29.0. The molecule has 0 aliphatic heterocycles. The average Bonchev–Trinajstić information content (AvgIpc) is 3.45. The summed E-state index contributed by atoms with van der Waals surface area (Å²) in [6.07, 6.45) is 3.98. The summed E-state index contributed by atoms with van der Waals surface area (Å²) in [5.74, 6) is -0.719. The highest BCUT2D eigenvalue weighted by molar-refractivity contribution is 7.92. The zero-order valence-electron chi connectivity index (χ0n) is 23.1. The Kier molecular flexibility index (Phi) is 9.53. The number of carbonyl (C=O) groups is 2. The fourth-order valence-electron chi connectivity index (χ4n) is 4.90. The molecule has 4 rings (SSSR count). The molecule has 3 aromatic rings. The quantitative estimate of drug-likeness (QED) is 0.336. The first-order valence-corrected chi connectivity index (χ1v) is 15.4. The number of hydrogen-bond acceptors (Lipinski definition) is 4. The van der Waals surface area contributed by atoms with E-state index < -0.39 is 28.5 Å². The highest BCUT2D eigenvalue weighted by Crippen LogP contribution is 2.27. The Morgan fingerprint density at radius 3 is 2.23 bits per heavy atom. The number of sulfonamides is 1. The Labute approximate surface area is 242 Å². The highest BCUT2D eigenvalue weighted by atomic mass is 35.5. The number of nitrogens with one attached hydrogen (secondary N) is 1. The van der Waals surface area contributed by atoms with Gasteiger partial charge in [0.1, 0.15) is 12.6 Å². The van der Waals surface area contributed by atoms with Crippen molar-refractivity contribution in [2.75, 3.05) is 10.8 Å². The smallest absolute Gasteiger partial charge is 0.264 e. The predicted octanol–water partition coefficient (Wildman–Crippen LogP) is 5.63. The van der Waals surface area contributed by atoms with Gasteiger partial charge in [-0.15, -0.1) is 0 Å². The van der Waals surface area contributed by atoms with E-state index in [1.165, 1.54) is 29.2 Å². The Hall–Kier alpha value is -3.36. The van der Waals surface area contributed by atoms with Gasteiger partial charge in [0.25, 0.3) is 10.0 Å². The van der Waals surface area contributed by atoms with Crippen molar-refractivity contribution in [3.63, 3.8) is 0 Å². The second-order valence-corrected chi connectivity index (χ2v) is 12.7. The first-order valence-electron chi connectivity index (χ1n) is 13.6. The Balaban J connectivity index is 1.69. The maximum absolute atomic E-state index is 14.0. The zero-order chi connectivity index (χ0) is 28.9. The van der Waals surface area contributed by atoms with E-state index in [9.17, 15) is 18.0 Å². The van der Waals surface area contributed by atoms with Crippen LogP contribution in [0.15, 0.2) is 77.7 Å². The summed E-state index contributed by atoms with van der Waals surface area (Å²) in [6, 6.07) is 19.8. The molecule has 0 aromatic heterocycles. The van der Waals surface area contributed by atoms with Crippen LogP contribution in [0, 0.1) is 13.8 Å². The molecule has 1 aliphatic carbocycles. The number of benzene rings is 3. The lowest BCUT2D eigenvalue weighted by Crippen LogP contribution is -2.52. The zero-order valence-corrected chi connectivity index (χ0v) is 24.7. The molecule has 0 radical (unpaired) electrons. The van der Waals surface area contributed by atoms with Gasteiger partial charge in [-0.25, -0.2) is 8.42 Å². The molecule has 1 aliphatic rings. The van der Waals surface area contributed by atoms with Gasteiger partial charge in [-0.1, -0.05) is 60.8 Å². The number of carbonyl (C=O) groups excluding carboxylic acids is 2. The summed E-state index contributed by atoms with van der Waals surface area (Å²) in [5.41, 5.74) is 3.11. The molecule has 0 heterocycles. The van der Waals surface area contributed by atoms with Crippen molar-refractivity contribution in [1.29, 1.82) is 0 Å². The van der Waals surface area contributed by atoms with Gasteiger partial charge >= 0.3 is 0 Å². The lowest BCUT2D eigenvalue weighted by molar-refractivity contribution is -0.139. The minimum atomic E-state index is -4.14. The fourth-order valence-corrected chi connectivity index (χ4v) is 6.43. The first-order chi connectivity index (χ1) is 19.1. The van der Waals surface area contributed by atoms with Crippen molar-refractivity contribution in [3.8, 4) is 0 Å². The topological polar surface area (TPSA) is 86.8 Å². The largest absolute Gasteiger partial charge is 0.352 e. The molecule has 0 spiro atoms. The van der Waals surface area contributed by atoms with Crippen LogP contribution in [0.3, 0.4) is 0 Å². The molecule has 3 aromatic carbocycles. The van der Waals surface area contributed by atoms with Gasteiger partial charge in [0.2, 0.25) is 11.8 Å². The molecule has 1 saturated carbocycles. The molecule has 212 valence electrons. The monoisotopic (exact) mass is 581 g/mol. The van der Waals surface area contributed by atoms with Crippen LogP contribution >= 0.6 is 11.6 Å². The maximum Gasteiger partial charge on any atom is 0.264 e. The molecular weight excluding hydrogens is 546 g/mol. The summed E-state index contributed by atoms with van der Waals surface area (Å²) >= 11 is 6.02. The van der Waals surface area contributed by atoms with E-state index in [4.69, 9.17) is 11.6 Å². The average molecular weight is 582 g/mol. The predicted molar refractivity (Wildman–Crippen MR) is 159 cm³/mol. The number of aryl methyl sites for hydroxylation is 2. The number of anilines is 1. The minimum absolute atomic E-state index is 0.0181. The Morgan fingerprint density at radius 2 is 1.60 bits per heavy atom. The van der Waals surface area contributed by atoms with Crippen LogP contribution in [0.4, 0.5) is 5.69 Å². The molecule has 7 nitrogen and oxygen atoms in total. The number of hydrogen-bond donors (Lipinski definition) is 1. The van der Waals surface area contributed by atoms with Crippen molar-refractivity contribution in [1.82, 2.24) is 10.2 Å². The first kappa shape index (κ1) is 29.6. The molecule has 1 fully saturated rings. The van der Waals surface area contributed by atoms with Crippen molar-refractivity contribution < 1.29 is 18.0 Å². The minimum Gasteiger partial charge on any atom is -0.352 e. The van der Waals surface area contributed by atoms with Crippen LogP contribution in [0.25, 0.3) is 0 Å². The van der Waals surface area contributed by atoms with Gasteiger partial charge < -0.3 is 10.2 Å². The Bertz CT molecular complexity index is 1440. The third-order valence-corrected chi connectivity index (χ3v) is 9.56. The summed E-state index contributed by atoms with van der Waals surface area (Å²) in [4.78, 5) is 28.8. The lowest BCUT2D eigenvalue weighted by Gasteiger charge is -2.32. The maximum atomic E-state index is 14.0. The van der Waals surface area contributed by atoms with E-state index in [0.717, 1.165) is 46.7 Å². The van der Waals surface area contributed by atoms with Crippen LogP contribution in [0.2, 0.25) is 5.02 Å². The number of amides is 2. The summed E-state index contributed by atoms with van der Waals surface area (Å²) in [6.45, 7) is 5.22. The Morgan fingerprint density at radius 1 is 0.950 bits per heavy atom. The molecule has 0 bridgehead atoms. The van der Waals surface area contributed by atoms with Gasteiger partial charge in [0.15, 0.2) is 0 Å². The molecule has 1 N–H and O–H groups in total. The van der Waals surface area contributed by atoms with Gasteiger partial charge in [0.05, 0.1) is 10.6 Å². The standard InChI is InChI=1S/C31H36ClN3O4S/c1-22-13-16-28(19-23(22)2)35(40(38,39)29-17-14-26(32)15-18-29)21-30(36)34(20-25-9-5-4-6-10-25)24(3)31(37)33-27-11-7-8-12-27/h4-6,9-10,13-19,24,27H,7-8,11-12,20-21H2,1-3H3,(H,33,37)/t24-/m0/s1. The molecule has 0 unspecified atom stereocenters. The van der Waals surface area contributed by atoms with Crippen LogP contribution < -0.4 is 9.62 Å². The molecular formula is C31H36ClN3O4S. The second kappa shape index (κ2) is 12.9. The lowest BCUT2D eigenvalue weighted by atomic mass is 10.1. The van der Waals surface area contributed by atoms with E-state index in [2.05, 4.69) is 5.32 Å². The molecule has 40 heavy (non-hydrogen) atoms. The summed E-state index contributed by atoms with van der Waals surface area (Å²) in [5, 5.41) is 3.49. The SMILES string of the molecule is Cc1ccc(N(CC(=O)N(Cc2ccccc2)[C@@H](C)C(=O)NC2CCCC2)S(=O)(=O)c2ccc(Cl)cc2)cc1C. The van der Waals surface area contributed by atoms with Gasteiger partial charge in [0, 0.05) is 17.6 Å². The molecule has 0 saturated heterocycles. The summed E-state index contributed by atoms with van der Waals surface area (Å²) in [7, 11) is -4.14. The van der Waals surface area contributed by atoms with Crippen molar-refractivity contribution in [2.45, 2.75) is 70.0 Å². The van der Waals surface area contributed by atoms with Gasteiger partial charge in [-0.3, -0.25) is 13.9 Å². The number of nitrogens with zero attached hydrogens (tertiary/aromatic N) is 2. The van der Waals surface area contributed by atoms with Gasteiger partial charge in [-0.05, 0) is 86.7 Å². The highest BCUT2D eigenvalue weighted by Gasteiger charge is 2.33. The molecule has 1 atom stereocenters. The van der Waals surface area contributed by atoms with Crippen LogP contribution in [-0.4, -0.2) is 43.8 Å². The van der Waals surface area contributed by atoms with Crippen LogP contribution in [0.1, 0.15) is 49.3 Å². The second-order valence-electron chi connectivity index (χ2n) is 10.4. The van der Waals surface area contributed by atoms with Crippen molar-refractivity contribution in [2.24, 2.45) is 0 Å². The van der Waals surface area contributed by atoms with E-state index in [1.54, 1.807) is 19.1 Å². The normalized spacial score (nSPS) is 14.5. The van der Waals surface area contributed by atoms with E-state index in [-0.39, 0.29) is 23.4 Å². The fraction of sp³-hybridized carbons (Fsp3) is 0.355. The van der Waals surface area contributed by atoms with E-state index in [0.29, 0.717) is 10.7 Å². The molecule has 9 heteroatoms. The van der Waals surface area contributed by atoms with Crippen molar-refractivity contribution in [3.05, 3.63) is 94.5 Å². The third kappa shape index (κ3) is 7.04. The number of halogens is 1. The van der Waals surface area contributed by atoms with Crippen LogP contribution in [0.5, 0.6) is 0 Å².